The van der Waals surface area contributed by atoms with Crippen LogP contribution in [0, 0.1) is 5.92 Å². The highest BCUT2D eigenvalue weighted by atomic mass is 32.2. The lowest BCUT2D eigenvalue weighted by Crippen LogP contribution is -2.29. The largest absolute Gasteiger partial charge is 0.391 e. The summed E-state index contributed by atoms with van der Waals surface area (Å²) in [6.07, 6.45) is -0.329. The molecule has 1 unspecified atom stereocenters. The number of thioether (sulfide) groups is 1. The van der Waals surface area contributed by atoms with Crippen LogP contribution in [-0.4, -0.2) is 23.2 Å². The number of hydrogen-bond acceptors (Lipinski definition) is 4. The van der Waals surface area contributed by atoms with E-state index in [2.05, 4.69) is 15.3 Å². The van der Waals surface area contributed by atoms with Crippen molar-refractivity contribution in [2.24, 2.45) is 5.92 Å². The van der Waals surface area contributed by atoms with Crippen LogP contribution in [-0.2, 0) is 0 Å². The van der Waals surface area contributed by atoms with Crippen LogP contribution in [0.15, 0.2) is 16.3 Å². The van der Waals surface area contributed by atoms with Gasteiger partial charge in [0.05, 0.1) is 17.2 Å². The van der Waals surface area contributed by atoms with Gasteiger partial charge in [-0.1, -0.05) is 6.08 Å². The zero-order valence-corrected chi connectivity index (χ0v) is 14.1. The van der Waals surface area contributed by atoms with Gasteiger partial charge >= 0.3 is 6.18 Å². The number of H-pyrrole nitrogens is 1. The molecule has 1 aromatic rings. The average molecular weight is 359 g/mol. The Kier molecular flexibility index (Phi) is 4.94. The molecule has 2 aliphatic rings. The number of nitrogens with zero attached hydrogens (tertiary/aromatic N) is 1. The predicted molar refractivity (Wildman–Crippen MR) is 89.2 cm³/mol. The van der Waals surface area contributed by atoms with Crippen LogP contribution in [0.5, 0.6) is 0 Å². The summed E-state index contributed by atoms with van der Waals surface area (Å²) < 4.78 is 38.7. The molecule has 0 amide bonds. The number of nitrogens with one attached hydrogen (secondary N) is 2. The van der Waals surface area contributed by atoms with Crippen molar-refractivity contribution in [1.82, 2.24) is 9.97 Å². The Hall–Kier alpha value is -1.44. The minimum absolute atomic E-state index is 0.00231. The minimum atomic E-state index is -4.13. The molecule has 1 fully saturated rings. The fourth-order valence-corrected chi connectivity index (χ4v) is 4.50. The van der Waals surface area contributed by atoms with Crippen LogP contribution >= 0.6 is 11.8 Å². The first-order valence-corrected chi connectivity index (χ1v) is 9.03. The second-order valence-electron chi connectivity index (χ2n) is 6.29. The van der Waals surface area contributed by atoms with Gasteiger partial charge in [0, 0.05) is 18.2 Å². The molecule has 1 aromatic heterocycles. The van der Waals surface area contributed by atoms with Gasteiger partial charge in [0.25, 0.3) is 5.56 Å². The molecular weight excluding hydrogens is 339 g/mol. The number of aromatic nitrogens is 2. The molecule has 2 N–H and O–H groups in total. The lowest BCUT2D eigenvalue weighted by Gasteiger charge is -2.31. The van der Waals surface area contributed by atoms with Crippen molar-refractivity contribution in [3.63, 3.8) is 0 Å². The van der Waals surface area contributed by atoms with Crippen molar-refractivity contribution in [1.29, 1.82) is 0 Å². The normalized spacial score (nSPS) is 27.4. The maximum absolute atomic E-state index is 12.9. The number of alkyl halides is 3. The fourth-order valence-electron chi connectivity index (χ4n) is 3.51. The molecule has 1 atom stereocenters. The molecule has 2 heterocycles. The van der Waals surface area contributed by atoms with E-state index in [1.165, 1.54) is 0 Å². The molecule has 0 radical (unpaired) electrons. The van der Waals surface area contributed by atoms with E-state index in [0.717, 1.165) is 6.42 Å². The van der Waals surface area contributed by atoms with Crippen LogP contribution < -0.4 is 10.9 Å². The number of hydrogen-bond donors (Lipinski definition) is 2. The summed E-state index contributed by atoms with van der Waals surface area (Å²) in [4.78, 5) is 19.8. The number of halogens is 3. The Balaban J connectivity index is 1.89. The first kappa shape index (κ1) is 17.4. The van der Waals surface area contributed by atoms with Gasteiger partial charge in [-0.3, -0.25) is 9.78 Å². The van der Waals surface area contributed by atoms with Crippen molar-refractivity contribution >= 4 is 17.7 Å². The Bertz CT molecular complexity index is 670. The predicted octanol–water partition coefficient (Wildman–Crippen LogP) is 4.34. The third kappa shape index (κ3) is 3.48. The monoisotopic (exact) mass is 359 g/mol. The fraction of sp³-hybridized carbons (Fsp3) is 0.625. The van der Waals surface area contributed by atoms with Gasteiger partial charge in [-0.05, 0) is 37.5 Å². The van der Waals surface area contributed by atoms with E-state index in [9.17, 15) is 18.0 Å². The van der Waals surface area contributed by atoms with E-state index >= 15 is 0 Å². The smallest absolute Gasteiger partial charge is 0.359 e. The molecule has 1 aliphatic heterocycles. The molecule has 0 bridgehead atoms. The van der Waals surface area contributed by atoms with E-state index < -0.39 is 12.1 Å². The molecule has 132 valence electrons. The van der Waals surface area contributed by atoms with Crippen LogP contribution in [0.1, 0.15) is 54.5 Å². The number of allylic oxidation sites excluding steroid dienone is 1. The molecule has 8 heteroatoms. The van der Waals surface area contributed by atoms with Gasteiger partial charge in [0.1, 0.15) is 0 Å². The van der Waals surface area contributed by atoms with Crippen LogP contribution in [0.2, 0.25) is 0 Å². The van der Waals surface area contributed by atoms with Gasteiger partial charge in [0.2, 0.25) is 5.95 Å². The van der Waals surface area contributed by atoms with Gasteiger partial charge in [0.15, 0.2) is 0 Å². The highest BCUT2D eigenvalue weighted by Crippen LogP contribution is 2.45. The second kappa shape index (κ2) is 6.82. The average Bonchev–Trinajstić information content (AvgIpc) is 3.07. The second-order valence-corrected chi connectivity index (χ2v) is 7.40. The Labute approximate surface area is 142 Å². The van der Waals surface area contributed by atoms with Crippen molar-refractivity contribution in [3.05, 3.63) is 33.1 Å². The summed E-state index contributed by atoms with van der Waals surface area (Å²) in [7, 11) is 1.66. The standard InChI is InChI=1S/C16H20F3N3OS/c1-20-15-21-13(9-4-6-10(7-5-9)16(17,18)19)12(14(23)22-15)11-3-2-8-24-11/h2,8-11H,3-7H2,1H3,(H2,20,21,22,23). The molecule has 1 aliphatic carbocycles. The van der Waals surface area contributed by atoms with Crippen LogP contribution in [0.3, 0.4) is 0 Å². The van der Waals surface area contributed by atoms with Gasteiger partial charge in [-0.25, -0.2) is 4.98 Å². The lowest BCUT2D eigenvalue weighted by atomic mass is 9.79. The Morgan fingerprint density at radius 2 is 2.00 bits per heavy atom. The topological polar surface area (TPSA) is 57.8 Å². The van der Waals surface area contributed by atoms with E-state index in [1.807, 2.05) is 11.5 Å². The summed E-state index contributed by atoms with van der Waals surface area (Å²) in [5.74, 6) is -0.952. The molecular formula is C16H20F3N3OS. The molecule has 3 rings (SSSR count). The molecule has 1 saturated carbocycles. The quantitative estimate of drug-likeness (QED) is 0.843. The van der Waals surface area contributed by atoms with Crippen LogP contribution in [0.25, 0.3) is 0 Å². The summed E-state index contributed by atoms with van der Waals surface area (Å²) >= 11 is 1.57. The van der Waals surface area contributed by atoms with Crippen molar-refractivity contribution in [2.45, 2.75) is 49.4 Å². The highest BCUT2D eigenvalue weighted by Gasteiger charge is 2.42. The van der Waals surface area contributed by atoms with E-state index in [0.29, 0.717) is 30.0 Å². The van der Waals surface area contributed by atoms with E-state index in [1.54, 1.807) is 18.8 Å². The highest BCUT2D eigenvalue weighted by molar-refractivity contribution is 8.02. The SMILES string of the molecule is CNc1nc(C2CCC(C(F)(F)F)CC2)c(C2CC=CS2)c(=O)[nH]1. The molecule has 0 saturated heterocycles. The van der Waals surface area contributed by atoms with Gasteiger partial charge in [-0.2, -0.15) is 13.2 Å². The number of aromatic amines is 1. The number of anilines is 1. The lowest BCUT2D eigenvalue weighted by molar-refractivity contribution is -0.182. The van der Waals surface area contributed by atoms with Crippen molar-refractivity contribution in [3.8, 4) is 0 Å². The maximum Gasteiger partial charge on any atom is 0.391 e. The zero-order chi connectivity index (χ0) is 17.3. The third-order valence-corrected chi connectivity index (χ3v) is 5.92. The van der Waals surface area contributed by atoms with E-state index in [4.69, 9.17) is 0 Å². The molecule has 0 spiro atoms. The molecule has 4 nitrogen and oxygen atoms in total. The van der Waals surface area contributed by atoms with E-state index in [-0.39, 0.29) is 29.6 Å². The van der Waals surface area contributed by atoms with Gasteiger partial charge in [-0.15, -0.1) is 11.8 Å². The summed E-state index contributed by atoms with van der Waals surface area (Å²) in [6, 6.07) is 0. The Morgan fingerprint density at radius 3 is 2.54 bits per heavy atom. The summed E-state index contributed by atoms with van der Waals surface area (Å²) in [5, 5.41) is 4.79. The summed E-state index contributed by atoms with van der Waals surface area (Å²) in [6.45, 7) is 0. The minimum Gasteiger partial charge on any atom is -0.359 e. The first-order valence-electron chi connectivity index (χ1n) is 8.09. The number of rotatable bonds is 3. The first-order chi connectivity index (χ1) is 11.4. The van der Waals surface area contributed by atoms with Crippen molar-refractivity contribution in [2.75, 3.05) is 12.4 Å². The third-order valence-electron chi connectivity index (χ3n) is 4.81. The zero-order valence-electron chi connectivity index (χ0n) is 13.3. The van der Waals surface area contributed by atoms with Gasteiger partial charge < -0.3 is 5.32 Å². The van der Waals surface area contributed by atoms with Crippen molar-refractivity contribution < 1.29 is 13.2 Å². The molecule has 0 aromatic carbocycles. The Morgan fingerprint density at radius 1 is 1.29 bits per heavy atom. The maximum atomic E-state index is 12.9. The van der Waals surface area contributed by atoms with Crippen LogP contribution in [0.4, 0.5) is 19.1 Å². The molecule has 24 heavy (non-hydrogen) atoms. The summed E-state index contributed by atoms with van der Waals surface area (Å²) in [5.41, 5.74) is 1.10.